The standard InChI is InChI=1S/C54H72Si/c1-17-21-35-31-45-39(41-29-27-37(51(3,4)5)33-47(41)53(9,10)11)23-19-25-43(45)49(35)55(15,16)50-36(22-18-2)32-46-40(24-20-26-44(46)50)42-30-28-38(52(6,7)8)34-48(42)54(12,13)14/h19-20,23-34,49-50H,17-18,21-22H2,1-16H3. The van der Waals surface area contributed by atoms with Crippen molar-refractivity contribution in [1.82, 2.24) is 0 Å². The van der Waals surface area contributed by atoms with E-state index in [-0.39, 0.29) is 21.7 Å². The first-order valence-electron chi connectivity index (χ1n) is 21.5. The van der Waals surface area contributed by atoms with Gasteiger partial charge in [0, 0.05) is 11.1 Å². The summed E-state index contributed by atoms with van der Waals surface area (Å²) in [6.07, 6.45) is 9.97. The maximum Gasteiger partial charge on any atom is 0.0722 e. The molecule has 2 aliphatic rings. The number of rotatable bonds is 8. The van der Waals surface area contributed by atoms with Gasteiger partial charge in [-0.3, -0.25) is 0 Å². The van der Waals surface area contributed by atoms with Gasteiger partial charge in [0.05, 0.1) is 8.07 Å². The number of benzene rings is 4. The van der Waals surface area contributed by atoms with Crippen LogP contribution in [0, 0.1) is 0 Å². The largest absolute Gasteiger partial charge is 0.0722 e. The van der Waals surface area contributed by atoms with E-state index in [2.05, 4.69) is 195 Å². The first kappa shape index (κ1) is 41.2. The van der Waals surface area contributed by atoms with Crippen LogP contribution in [0.1, 0.15) is 178 Å². The molecule has 0 fully saturated rings. The van der Waals surface area contributed by atoms with Crippen LogP contribution < -0.4 is 0 Å². The van der Waals surface area contributed by atoms with Crippen LogP contribution in [0.25, 0.3) is 34.4 Å². The molecule has 0 bridgehead atoms. The zero-order chi connectivity index (χ0) is 40.5. The average Bonchev–Trinajstić information content (AvgIpc) is 3.65. The second-order valence-corrected chi connectivity index (χ2v) is 26.6. The lowest BCUT2D eigenvalue weighted by molar-refractivity contribution is 0.569. The lowest BCUT2D eigenvalue weighted by atomic mass is 9.76. The Morgan fingerprint density at radius 2 is 0.818 bits per heavy atom. The molecule has 0 N–H and O–H groups in total. The third-order valence-corrected chi connectivity index (χ3v) is 17.2. The van der Waals surface area contributed by atoms with Gasteiger partial charge in [0.15, 0.2) is 0 Å². The monoisotopic (exact) mass is 749 g/mol. The van der Waals surface area contributed by atoms with Gasteiger partial charge in [-0.25, -0.2) is 0 Å². The maximum atomic E-state index is 2.73. The number of hydrogen-bond donors (Lipinski definition) is 0. The molecule has 0 aromatic heterocycles. The summed E-state index contributed by atoms with van der Waals surface area (Å²) in [4.78, 5) is 0. The summed E-state index contributed by atoms with van der Waals surface area (Å²) in [5, 5.41) is 0. The molecule has 4 aromatic rings. The molecule has 0 amide bonds. The molecule has 6 rings (SSSR count). The highest BCUT2D eigenvalue weighted by atomic mass is 28.3. The highest BCUT2D eigenvalue weighted by molar-refractivity contribution is 6.81. The predicted octanol–water partition coefficient (Wildman–Crippen LogP) is 16.3. The molecule has 292 valence electrons. The van der Waals surface area contributed by atoms with E-state index in [4.69, 9.17) is 0 Å². The first-order chi connectivity index (χ1) is 25.5. The van der Waals surface area contributed by atoms with Crippen molar-refractivity contribution >= 4 is 20.2 Å². The molecule has 0 saturated heterocycles. The first-order valence-corrected chi connectivity index (χ1v) is 24.6. The van der Waals surface area contributed by atoms with Gasteiger partial charge in [0.1, 0.15) is 0 Å². The van der Waals surface area contributed by atoms with Crippen LogP contribution in [-0.2, 0) is 21.7 Å². The average molecular weight is 749 g/mol. The molecule has 1 heteroatoms. The molecule has 55 heavy (non-hydrogen) atoms. The molecule has 0 heterocycles. The molecule has 0 spiro atoms. The number of fused-ring (bicyclic) bond motifs is 2. The molecule has 0 saturated carbocycles. The molecule has 0 aliphatic heterocycles. The lowest BCUT2D eigenvalue weighted by Crippen LogP contribution is -2.43. The van der Waals surface area contributed by atoms with Crippen molar-refractivity contribution in [2.45, 2.75) is 168 Å². The van der Waals surface area contributed by atoms with Crippen molar-refractivity contribution in [3.8, 4) is 22.3 Å². The fourth-order valence-corrected chi connectivity index (χ4v) is 14.9. The summed E-state index contributed by atoms with van der Waals surface area (Å²) in [5.74, 6) is 0. The van der Waals surface area contributed by atoms with E-state index >= 15 is 0 Å². The lowest BCUT2D eigenvalue weighted by Gasteiger charge is -2.40. The van der Waals surface area contributed by atoms with E-state index in [1.165, 1.54) is 68.5 Å². The van der Waals surface area contributed by atoms with Crippen molar-refractivity contribution in [1.29, 1.82) is 0 Å². The summed E-state index contributed by atoms with van der Waals surface area (Å²) < 4.78 is 0. The van der Waals surface area contributed by atoms with Crippen LogP contribution >= 0.6 is 0 Å². The zero-order valence-electron chi connectivity index (χ0n) is 37.6. The Morgan fingerprint density at radius 1 is 0.455 bits per heavy atom. The fraction of sp³-hybridized carbons (Fsp3) is 0.481. The highest BCUT2D eigenvalue weighted by Gasteiger charge is 2.48. The fourth-order valence-electron chi connectivity index (χ4n) is 10.1. The van der Waals surface area contributed by atoms with E-state index in [1.54, 1.807) is 22.3 Å². The predicted molar refractivity (Wildman–Crippen MR) is 247 cm³/mol. The van der Waals surface area contributed by atoms with Gasteiger partial charge in [-0.15, -0.1) is 0 Å². The van der Waals surface area contributed by atoms with Gasteiger partial charge < -0.3 is 0 Å². The van der Waals surface area contributed by atoms with Crippen LogP contribution in [0.5, 0.6) is 0 Å². The van der Waals surface area contributed by atoms with E-state index < -0.39 is 8.07 Å². The van der Waals surface area contributed by atoms with Gasteiger partial charge >= 0.3 is 0 Å². The topological polar surface area (TPSA) is 0 Å². The van der Waals surface area contributed by atoms with Crippen LogP contribution in [-0.4, -0.2) is 8.07 Å². The second kappa shape index (κ2) is 14.5. The van der Waals surface area contributed by atoms with E-state index in [0.29, 0.717) is 11.1 Å². The number of allylic oxidation sites excluding steroid dienone is 2. The van der Waals surface area contributed by atoms with Crippen LogP contribution in [0.4, 0.5) is 0 Å². The molecular weight excluding hydrogens is 677 g/mol. The second-order valence-electron chi connectivity index (χ2n) is 21.8. The van der Waals surface area contributed by atoms with E-state index in [1.807, 2.05) is 0 Å². The van der Waals surface area contributed by atoms with Crippen molar-refractivity contribution in [2.24, 2.45) is 0 Å². The Bertz CT molecular complexity index is 1980. The van der Waals surface area contributed by atoms with E-state index in [0.717, 1.165) is 12.8 Å². The van der Waals surface area contributed by atoms with Gasteiger partial charge in [-0.1, -0.05) is 219 Å². The van der Waals surface area contributed by atoms with Crippen molar-refractivity contribution in [3.63, 3.8) is 0 Å². The van der Waals surface area contributed by atoms with Crippen LogP contribution in [0.2, 0.25) is 13.1 Å². The smallest absolute Gasteiger partial charge is 0.0679 e. The molecule has 0 nitrogen and oxygen atoms in total. The molecule has 2 aliphatic carbocycles. The van der Waals surface area contributed by atoms with Crippen LogP contribution in [0.3, 0.4) is 0 Å². The minimum Gasteiger partial charge on any atom is -0.0679 e. The van der Waals surface area contributed by atoms with Crippen molar-refractivity contribution < 1.29 is 0 Å². The van der Waals surface area contributed by atoms with Gasteiger partial charge in [0.25, 0.3) is 0 Å². The Morgan fingerprint density at radius 3 is 1.13 bits per heavy atom. The molecule has 4 aromatic carbocycles. The van der Waals surface area contributed by atoms with Gasteiger partial charge in [-0.05, 0) is 101 Å². The molecule has 2 atom stereocenters. The number of hydrogen-bond acceptors (Lipinski definition) is 0. The summed E-state index contributed by atoms with van der Waals surface area (Å²) in [5.41, 5.74) is 22.0. The SMILES string of the molecule is CCCC1=Cc2c(-c3ccc(C(C)(C)C)cc3C(C)(C)C)cccc2C1[Si](C)(C)C1C(CCC)=Cc2c(-c3ccc(C(C)(C)C)cc3C(C)(C)C)cccc21. The highest BCUT2D eigenvalue weighted by Crippen LogP contribution is 2.56. The minimum atomic E-state index is -2.09. The molecule has 0 radical (unpaired) electrons. The summed E-state index contributed by atoms with van der Waals surface area (Å²) in [6.45, 7) is 38.5. The maximum absolute atomic E-state index is 2.73. The third-order valence-electron chi connectivity index (χ3n) is 12.8. The zero-order valence-corrected chi connectivity index (χ0v) is 38.6. The quantitative estimate of drug-likeness (QED) is 0.157. The normalized spacial score (nSPS) is 17.6. The Hall–Kier alpha value is -3.42. The van der Waals surface area contributed by atoms with E-state index in [9.17, 15) is 0 Å². The summed E-state index contributed by atoms with van der Waals surface area (Å²) in [6, 6.07) is 29.2. The van der Waals surface area contributed by atoms with Crippen molar-refractivity contribution in [3.05, 3.63) is 128 Å². The third kappa shape index (κ3) is 7.69. The Balaban J connectivity index is 1.53. The Labute approximate surface area is 338 Å². The summed E-state index contributed by atoms with van der Waals surface area (Å²) in [7, 11) is -2.09. The van der Waals surface area contributed by atoms with Crippen molar-refractivity contribution in [2.75, 3.05) is 0 Å². The van der Waals surface area contributed by atoms with Crippen LogP contribution in [0.15, 0.2) is 83.9 Å². The van der Waals surface area contributed by atoms with Gasteiger partial charge in [-0.2, -0.15) is 0 Å². The minimum absolute atomic E-state index is 0.0341. The summed E-state index contributed by atoms with van der Waals surface area (Å²) >= 11 is 0. The van der Waals surface area contributed by atoms with Gasteiger partial charge in [0.2, 0.25) is 0 Å². The Kier molecular flexibility index (Phi) is 10.9. The molecule has 2 unspecified atom stereocenters. The molecular formula is C54H72Si.